The van der Waals surface area contributed by atoms with Crippen LogP contribution in [0, 0.1) is 0 Å². The molecule has 0 rings (SSSR count). The van der Waals surface area contributed by atoms with Gasteiger partial charge in [0, 0.05) is 0 Å². The van der Waals surface area contributed by atoms with Crippen LogP contribution in [-0.4, -0.2) is 59.4 Å². The number of carboxylic acid groups (broad SMARTS) is 1. The van der Waals surface area contributed by atoms with E-state index in [1.807, 2.05) is 5.32 Å². The summed E-state index contributed by atoms with van der Waals surface area (Å²) in [5.41, 5.74) is 4.38. The van der Waals surface area contributed by atoms with E-state index in [2.05, 4.69) is 9.47 Å². The zero-order chi connectivity index (χ0) is 19.8. The number of rotatable bonds is 7. The van der Waals surface area contributed by atoms with Gasteiger partial charge < -0.3 is 30.4 Å². The van der Waals surface area contributed by atoms with Crippen LogP contribution < -0.4 is 11.1 Å². The summed E-state index contributed by atoms with van der Waals surface area (Å²) < 4.78 is 13.7. The van der Waals surface area contributed by atoms with Gasteiger partial charge in [-0.2, -0.15) is 0 Å². The number of carbonyl (C=O) groups excluding carboxylic acids is 4. The van der Waals surface area contributed by atoms with Crippen molar-refractivity contribution in [3.63, 3.8) is 0 Å². The highest BCUT2D eigenvalue weighted by Gasteiger charge is 2.35. The molecule has 0 fully saturated rings. The van der Waals surface area contributed by atoms with E-state index < -0.39 is 54.1 Å². The van der Waals surface area contributed by atoms with E-state index in [9.17, 15) is 24.0 Å². The molecule has 0 bridgehead atoms. The average molecular weight is 362 g/mol. The summed E-state index contributed by atoms with van der Waals surface area (Å²) in [5, 5.41) is 10.5. The van der Waals surface area contributed by atoms with Gasteiger partial charge in [0.25, 0.3) is 0 Å². The Labute approximate surface area is 143 Å². The number of hydrogen-bond donors (Lipinski definition) is 3. The first-order valence-electron chi connectivity index (χ1n) is 7.26. The standard InChI is InChI=1S/C14H22N2O9/c1-5-23-11(20)9(16-10(19)7(15)6-8(17)18)12(21)24-13(22)25-14(2,3)4/h7,9H,5-6,15H2,1-4H3,(H,16,19)(H,17,18). The normalized spacial score (nSPS) is 13.2. The molecule has 0 heterocycles. The van der Waals surface area contributed by atoms with Gasteiger partial charge in [-0.25, -0.2) is 14.4 Å². The second kappa shape index (κ2) is 9.57. The first-order chi connectivity index (χ1) is 11.4. The number of hydrogen-bond acceptors (Lipinski definition) is 9. The van der Waals surface area contributed by atoms with Crippen molar-refractivity contribution in [2.75, 3.05) is 6.61 Å². The molecule has 0 aromatic carbocycles. The molecule has 0 radical (unpaired) electrons. The Kier molecular flexibility index (Phi) is 8.54. The van der Waals surface area contributed by atoms with Gasteiger partial charge >= 0.3 is 24.1 Å². The number of nitrogens with one attached hydrogen (secondary N) is 1. The molecule has 0 aromatic rings. The molecule has 0 aliphatic carbocycles. The number of carbonyl (C=O) groups is 5. The minimum absolute atomic E-state index is 0.119. The monoisotopic (exact) mass is 362 g/mol. The summed E-state index contributed by atoms with van der Waals surface area (Å²) in [6.45, 7) is 5.90. The molecule has 2 atom stereocenters. The molecule has 11 heteroatoms. The van der Waals surface area contributed by atoms with E-state index in [0.717, 1.165) is 0 Å². The highest BCUT2D eigenvalue weighted by molar-refractivity contribution is 6.05. The number of esters is 2. The lowest BCUT2D eigenvalue weighted by Gasteiger charge is -2.20. The van der Waals surface area contributed by atoms with E-state index >= 15 is 0 Å². The van der Waals surface area contributed by atoms with Gasteiger partial charge in [0.05, 0.1) is 19.1 Å². The van der Waals surface area contributed by atoms with Crippen molar-refractivity contribution in [1.82, 2.24) is 5.32 Å². The van der Waals surface area contributed by atoms with Gasteiger partial charge in [-0.05, 0) is 27.7 Å². The molecule has 0 aromatic heterocycles. The summed E-state index contributed by atoms with van der Waals surface area (Å²) in [5.74, 6) is -5.12. The maximum atomic E-state index is 11.9. The van der Waals surface area contributed by atoms with E-state index in [1.165, 1.54) is 27.7 Å². The summed E-state index contributed by atoms with van der Waals surface area (Å²) >= 11 is 0. The van der Waals surface area contributed by atoms with Crippen LogP contribution in [0.25, 0.3) is 0 Å². The molecule has 0 spiro atoms. The van der Waals surface area contributed by atoms with Crippen LogP contribution in [0.2, 0.25) is 0 Å². The molecule has 0 aliphatic heterocycles. The summed E-state index contributed by atoms with van der Waals surface area (Å²) in [6, 6.07) is -3.52. The second-order valence-corrected chi connectivity index (χ2v) is 5.78. The van der Waals surface area contributed by atoms with Crippen molar-refractivity contribution in [2.24, 2.45) is 5.73 Å². The predicted octanol–water partition coefficient (Wildman–Crippen LogP) is -0.685. The van der Waals surface area contributed by atoms with Crippen LogP contribution >= 0.6 is 0 Å². The first-order valence-corrected chi connectivity index (χ1v) is 7.26. The first kappa shape index (κ1) is 22.3. The Morgan fingerprint density at radius 1 is 1.12 bits per heavy atom. The fourth-order valence-corrected chi connectivity index (χ4v) is 1.38. The number of amides is 1. The van der Waals surface area contributed by atoms with Crippen LogP contribution in [0.15, 0.2) is 0 Å². The van der Waals surface area contributed by atoms with Crippen molar-refractivity contribution in [2.45, 2.75) is 51.8 Å². The van der Waals surface area contributed by atoms with Gasteiger partial charge in [-0.1, -0.05) is 0 Å². The zero-order valence-corrected chi connectivity index (χ0v) is 14.4. The highest BCUT2D eigenvalue weighted by atomic mass is 16.7. The van der Waals surface area contributed by atoms with Crippen LogP contribution in [0.1, 0.15) is 34.1 Å². The van der Waals surface area contributed by atoms with Crippen molar-refractivity contribution in [1.29, 1.82) is 0 Å². The largest absolute Gasteiger partial charge is 0.516 e. The Morgan fingerprint density at radius 3 is 2.12 bits per heavy atom. The minimum atomic E-state index is -2.00. The Bertz CT molecular complexity index is 539. The molecule has 0 saturated carbocycles. The highest BCUT2D eigenvalue weighted by Crippen LogP contribution is 2.09. The SMILES string of the molecule is CCOC(=O)C(NC(=O)C(N)CC(=O)O)C(=O)OC(=O)OC(C)(C)C. The smallest absolute Gasteiger partial charge is 0.481 e. The lowest BCUT2D eigenvalue weighted by Crippen LogP contribution is -2.53. The van der Waals surface area contributed by atoms with E-state index in [4.69, 9.17) is 15.6 Å². The Morgan fingerprint density at radius 2 is 1.68 bits per heavy atom. The molecule has 1 amide bonds. The van der Waals surface area contributed by atoms with Gasteiger partial charge in [0.2, 0.25) is 11.9 Å². The summed E-state index contributed by atoms with van der Waals surface area (Å²) in [4.78, 5) is 57.5. The molecule has 0 saturated heterocycles. The van der Waals surface area contributed by atoms with Crippen molar-refractivity contribution < 1.29 is 43.3 Å². The number of carboxylic acids is 1. The van der Waals surface area contributed by atoms with Gasteiger partial charge in [-0.15, -0.1) is 0 Å². The van der Waals surface area contributed by atoms with Crippen LogP contribution in [-0.2, 0) is 33.4 Å². The molecule has 2 unspecified atom stereocenters. The molecule has 4 N–H and O–H groups in total. The lowest BCUT2D eigenvalue weighted by molar-refractivity contribution is -0.158. The number of ether oxygens (including phenoxy) is 3. The van der Waals surface area contributed by atoms with Crippen LogP contribution in [0.5, 0.6) is 0 Å². The topological polar surface area (TPSA) is 171 Å². The van der Waals surface area contributed by atoms with E-state index in [0.29, 0.717) is 0 Å². The van der Waals surface area contributed by atoms with Crippen LogP contribution in [0.3, 0.4) is 0 Å². The quantitative estimate of drug-likeness (QED) is 0.389. The Hall–Kier alpha value is -2.69. The fraction of sp³-hybridized carbons (Fsp3) is 0.643. The lowest BCUT2D eigenvalue weighted by atomic mass is 10.2. The molecular formula is C14H22N2O9. The summed E-state index contributed by atoms with van der Waals surface area (Å²) in [6.07, 6.45) is -2.11. The van der Waals surface area contributed by atoms with E-state index in [-0.39, 0.29) is 6.61 Å². The van der Waals surface area contributed by atoms with Gasteiger partial charge in [-0.3, -0.25) is 9.59 Å². The molecule has 0 aliphatic rings. The summed E-state index contributed by atoms with van der Waals surface area (Å²) in [7, 11) is 0. The van der Waals surface area contributed by atoms with Gasteiger partial charge in [0.1, 0.15) is 5.60 Å². The fourth-order valence-electron chi connectivity index (χ4n) is 1.38. The maximum absolute atomic E-state index is 11.9. The van der Waals surface area contributed by atoms with Crippen molar-refractivity contribution in [3.8, 4) is 0 Å². The maximum Gasteiger partial charge on any atom is 0.516 e. The predicted molar refractivity (Wildman–Crippen MR) is 81.1 cm³/mol. The minimum Gasteiger partial charge on any atom is -0.481 e. The third-order valence-electron chi connectivity index (χ3n) is 2.35. The third kappa shape index (κ3) is 9.25. The Balaban J connectivity index is 5.07. The number of nitrogens with two attached hydrogens (primary N) is 1. The average Bonchev–Trinajstić information content (AvgIpc) is 2.41. The van der Waals surface area contributed by atoms with E-state index in [1.54, 1.807) is 0 Å². The van der Waals surface area contributed by atoms with Crippen LogP contribution in [0.4, 0.5) is 4.79 Å². The third-order valence-corrected chi connectivity index (χ3v) is 2.35. The molecule has 25 heavy (non-hydrogen) atoms. The zero-order valence-electron chi connectivity index (χ0n) is 14.4. The molecule has 11 nitrogen and oxygen atoms in total. The second-order valence-electron chi connectivity index (χ2n) is 5.78. The number of aliphatic carboxylic acids is 1. The van der Waals surface area contributed by atoms with Crippen molar-refractivity contribution in [3.05, 3.63) is 0 Å². The molecule has 142 valence electrons. The van der Waals surface area contributed by atoms with Crippen molar-refractivity contribution >= 4 is 30.0 Å². The van der Waals surface area contributed by atoms with Gasteiger partial charge in [0.15, 0.2) is 0 Å². The molecular weight excluding hydrogens is 340 g/mol.